The predicted octanol–water partition coefficient (Wildman–Crippen LogP) is 16.0. The van der Waals surface area contributed by atoms with Crippen molar-refractivity contribution in [1.29, 1.82) is 0 Å². The van der Waals surface area contributed by atoms with Crippen LogP contribution in [-0.4, -0.2) is 0 Å². The van der Waals surface area contributed by atoms with Crippen molar-refractivity contribution in [3.63, 3.8) is 0 Å². The number of rotatable bonds is 7. The molecule has 11 rings (SSSR count). The molecule has 0 saturated carbocycles. The van der Waals surface area contributed by atoms with E-state index in [1.165, 1.54) is 43.8 Å². The second-order valence-corrected chi connectivity index (χ2v) is 14.8. The molecule has 0 aliphatic heterocycles. The van der Waals surface area contributed by atoms with Crippen LogP contribution < -0.4 is 4.90 Å². The topological polar surface area (TPSA) is 16.4 Å². The standard InChI is InChI=1S/C56H37NO/c1-3-18-38(19-4-1)43-25-9-10-26-44(43)40-23-17-24-42(36-40)57(53-35-34-46(39-20-5-2-6-21-39)56-55(53)50-31-14-16-33-54(50)58-56)52-32-15-13-30-49(52)51-37-41-22-7-8-27-45(41)47-28-11-12-29-48(47)51/h1-37H. The molecule has 2 heteroatoms. The van der Waals surface area contributed by atoms with Crippen LogP contribution in [0.3, 0.4) is 0 Å². The van der Waals surface area contributed by atoms with Gasteiger partial charge in [0.25, 0.3) is 0 Å². The van der Waals surface area contributed by atoms with E-state index in [1.54, 1.807) is 0 Å². The molecule has 2 nitrogen and oxygen atoms in total. The van der Waals surface area contributed by atoms with E-state index < -0.39 is 0 Å². The molecule has 11 aromatic rings. The van der Waals surface area contributed by atoms with Crippen molar-refractivity contribution in [1.82, 2.24) is 0 Å². The van der Waals surface area contributed by atoms with E-state index in [0.717, 1.165) is 61.3 Å². The Balaban J connectivity index is 1.22. The van der Waals surface area contributed by atoms with Crippen molar-refractivity contribution >= 4 is 60.5 Å². The summed E-state index contributed by atoms with van der Waals surface area (Å²) in [7, 11) is 0. The van der Waals surface area contributed by atoms with Crippen LogP contribution in [0.5, 0.6) is 0 Å². The molecule has 1 heterocycles. The fraction of sp³-hybridized carbons (Fsp3) is 0. The minimum atomic E-state index is 0.862. The smallest absolute Gasteiger partial charge is 0.145 e. The van der Waals surface area contributed by atoms with Crippen molar-refractivity contribution in [3.8, 4) is 44.5 Å². The first-order valence-corrected chi connectivity index (χ1v) is 19.8. The molecule has 0 unspecified atom stereocenters. The van der Waals surface area contributed by atoms with E-state index in [-0.39, 0.29) is 0 Å². The molecule has 0 atom stereocenters. The number of para-hydroxylation sites is 2. The molecular formula is C56H37NO. The molecule has 1 aromatic heterocycles. The third-order valence-corrected chi connectivity index (χ3v) is 11.5. The normalized spacial score (nSPS) is 11.4. The second-order valence-electron chi connectivity index (χ2n) is 14.8. The Hall–Kier alpha value is -7.68. The lowest BCUT2D eigenvalue weighted by molar-refractivity contribution is 0.670. The maximum absolute atomic E-state index is 6.85. The third-order valence-electron chi connectivity index (χ3n) is 11.5. The van der Waals surface area contributed by atoms with Gasteiger partial charge in [-0.25, -0.2) is 0 Å². The summed E-state index contributed by atoms with van der Waals surface area (Å²) < 4.78 is 6.85. The fourth-order valence-corrected chi connectivity index (χ4v) is 8.84. The Labute approximate surface area is 337 Å². The zero-order valence-electron chi connectivity index (χ0n) is 31.7. The van der Waals surface area contributed by atoms with Crippen molar-refractivity contribution < 1.29 is 4.42 Å². The molecule has 58 heavy (non-hydrogen) atoms. The monoisotopic (exact) mass is 739 g/mol. The van der Waals surface area contributed by atoms with Crippen LogP contribution in [0.2, 0.25) is 0 Å². The zero-order chi connectivity index (χ0) is 38.4. The molecule has 0 aliphatic carbocycles. The lowest BCUT2D eigenvalue weighted by Gasteiger charge is -2.29. The number of anilines is 3. The lowest BCUT2D eigenvalue weighted by atomic mass is 9.91. The highest BCUT2D eigenvalue weighted by molar-refractivity contribution is 6.19. The maximum atomic E-state index is 6.85. The van der Waals surface area contributed by atoms with Crippen LogP contribution in [0, 0.1) is 0 Å². The minimum absolute atomic E-state index is 0.862. The van der Waals surface area contributed by atoms with Crippen molar-refractivity contribution in [2.45, 2.75) is 0 Å². The number of hydrogen-bond acceptors (Lipinski definition) is 2. The third kappa shape index (κ3) is 5.66. The quantitative estimate of drug-likeness (QED) is 0.151. The molecule has 0 amide bonds. The van der Waals surface area contributed by atoms with Gasteiger partial charge in [-0.2, -0.15) is 0 Å². The van der Waals surface area contributed by atoms with E-state index in [9.17, 15) is 0 Å². The van der Waals surface area contributed by atoms with E-state index >= 15 is 0 Å². The summed E-state index contributed by atoms with van der Waals surface area (Å²) in [6.07, 6.45) is 0. The van der Waals surface area contributed by atoms with Gasteiger partial charge >= 0.3 is 0 Å². The first kappa shape index (κ1) is 33.6. The number of nitrogens with zero attached hydrogens (tertiary/aromatic N) is 1. The summed E-state index contributed by atoms with van der Waals surface area (Å²) in [5.74, 6) is 0. The molecule has 0 saturated heterocycles. The molecule has 0 spiro atoms. The maximum Gasteiger partial charge on any atom is 0.145 e. The van der Waals surface area contributed by atoms with E-state index in [2.05, 4.69) is 229 Å². The zero-order valence-corrected chi connectivity index (χ0v) is 31.7. The first-order chi connectivity index (χ1) is 28.8. The lowest BCUT2D eigenvalue weighted by Crippen LogP contribution is -2.12. The highest BCUT2D eigenvalue weighted by Crippen LogP contribution is 2.50. The molecule has 0 bridgehead atoms. The summed E-state index contributed by atoms with van der Waals surface area (Å²) in [4.78, 5) is 2.45. The van der Waals surface area contributed by atoms with Crippen molar-refractivity contribution in [2.24, 2.45) is 0 Å². The van der Waals surface area contributed by atoms with Gasteiger partial charge in [0.2, 0.25) is 0 Å². The van der Waals surface area contributed by atoms with Gasteiger partial charge in [0.05, 0.1) is 16.8 Å². The Morgan fingerprint density at radius 1 is 0.310 bits per heavy atom. The Morgan fingerprint density at radius 2 is 0.879 bits per heavy atom. The molecule has 10 aromatic carbocycles. The summed E-state index contributed by atoms with van der Waals surface area (Å²) in [6.45, 7) is 0. The van der Waals surface area contributed by atoms with Crippen LogP contribution in [0.1, 0.15) is 0 Å². The van der Waals surface area contributed by atoms with Crippen molar-refractivity contribution in [3.05, 3.63) is 224 Å². The van der Waals surface area contributed by atoms with Gasteiger partial charge in [0.1, 0.15) is 11.2 Å². The minimum Gasteiger partial charge on any atom is -0.455 e. The Bertz CT molecular complexity index is 3290. The van der Waals surface area contributed by atoms with Crippen molar-refractivity contribution in [2.75, 3.05) is 4.90 Å². The van der Waals surface area contributed by atoms with Crippen LogP contribution in [0.15, 0.2) is 229 Å². The SMILES string of the molecule is c1ccc(-c2ccccc2-c2cccc(N(c3ccccc3-c3cc4ccccc4c4ccccc34)c3ccc(-c4ccccc4)c4oc5ccccc5c34)c2)cc1. The number of fused-ring (bicyclic) bond motifs is 6. The van der Waals surface area contributed by atoms with Gasteiger partial charge in [-0.05, 0) is 97.4 Å². The van der Waals surface area contributed by atoms with Crippen LogP contribution >= 0.6 is 0 Å². The average Bonchev–Trinajstić information content (AvgIpc) is 3.70. The molecule has 0 N–H and O–H groups in total. The second kappa shape index (κ2) is 14.1. The van der Waals surface area contributed by atoms with Gasteiger partial charge in [-0.15, -0.1) is 0 Å². The van der Waals surface area contributed by atoms with Crippen LogP contribution in [0.25, 0.3) is 88.0 Å². The molecule has 0 aliphatic rings. The van der Waals surface area contributed by atoms with E-state index in [4.69, 9.17) is 4.42 Å². The van der Waals surface area contributed by atoms with Gasteiger partial charge in [0, 0.05) is 22.2 Å². The van der Waals surface area contributed by atoms with Gasteiger partial charge in [-0.3, -0.25) is 0 Å². The fourth-order valence-electron chi connectivity index (χ4n) is 8.84. The van der Waals surface area contributed by atoms with Gasteiger partial charge < -0.3 is 9.32 Å². The van der Waals surface area contributed by atoms with E-state index in [1.807, 2.05) is 0 Å². The van der Waals surface area contributed by atoms with E-state index in [0.29, 0.717) is 0 Å². The Kier molecular flexibility index (Phi) is 8.19. The number of hydrogen-bond donors (Lipinski definition) is 0. The largest absolute Gasteiger partial charge is 0.455 e. The first-order valence-electron chi connectivity index (χ1n) is 19.8. The summed E-state index contributed by atoms with van der Waals surface area (Å²) in [5.41, 5.74) is 14.1. The highest BCUT2D eigenvalue weighted by Gasteiger charge is 2.25. The van der Waals surface area contributed by atoms with Gasteiger partial charge in [-0.1, -0.05) is 182 Å². The number of furan rings is 1. The molecule has 0 fully saturated rings. The summed E-state index contributed by atoms with van der Waals surface area (Å²) >= 11 is 0. The predicted molar refractivity (Wildman–Crippen MR) is 245 cm³/mol. The van der Waals surface area contributed by atoms with Crippen LogP contribution in [0.4, 0.5) is 17.1 Å². The van der Waals surface area contributed by atoms with Crippen LogP contribution in [-0.2, 0) is 0 Å². The summed E-state index contributed by atoms with van der Waals surface area (Å²) in [5, 5.41) is 7.08. The number of benzene rings is 10. The highest BCUT2D eigenvalue weighted by atomic mass is 16.3. The molecular weight excluding hydrogens is 703 g/mol. The Morgan fingerprint density at radius 3 is 1.66 bits per heavy atom. The molecule has 0 radical (unpaired) electrons. The molecule has 272 valence electrons. The summed E-state index contributed by atoms with van der Waals surface area (Å²) in [6, 6.07) is 80.6. The average molecular weight is 740 g/mol. The van der Waals surface area contributed by atoms with Gasteiger partial charge in [0.15, 0.2) is 0 Å².